The largest absolute Gasteiger partial charge is 0.376 e. The third-order valence-electron chi connectivity index (χ3n) is 3.75. The molecule has 0 bridgehead atoms. The van der Waals surface area contributed by atoms with Crippen LogP contribution in [0.15, 0.2) is 42.5 Å². The first-order chi connectivity index (χ1) is 11.4. The number of hydrogen-bond acceptors (Lipinski definition) is 3. The van der Waals surface area contributed by atoms with Gasteiger partial charge in [-0.2, -0.15) is 0 Å². The summed E-state index contributed by atoms with van der Waals surface area (Å²) in [5.74, 6) is -0.257. The molecule has 24 heavy (non-hydrogen) atoms. The predicted octanol–water partition coefficient (Wildman–Crippen LogP) is 3.06. The monoisotopic (exact) mass is 325 g/mol. The van der Waals surface area contributed by atoms with Crippen molar-refractivity contribution in [1.29, 1.82) is 0 Å². The minimum absolute atomic E-state index is 0.0888. The van der Waals surface area contributed by atoms with E-state index in [0.29, 0.717) is 11.3 Å². The fourth-order valence-corrected chi connectivity index (χ4v) is 2.44. The van der Waals surface area contributed by atoms with E-state index in [0.717, 1.165) is 16.8 Å². The fraction of sp³-hybridized carbons (Fsp3) is 0.263. The third-order valence-corrected chi connectivity index (χ3v) is 3.75. The summed E-state index contributed by atoms with van der Waals surface area (Å²) in [6.07, 6.45) is 0. The van der Waals surface area contributed by atoms with Gasteiger partial charge < -0.3 is 15.5 Å². The number of benzene rings is 2. The maximum absolute atomic E-state index is 12.2. The molecule has 2 aromatic rings. The van der Waals surface area contributed by atoms with Crippen molar-refractivity contribution >= 4 is 23.2 Å². The van der Waals surface area contributed by atoms with Crippen molar-refractivity contribution in [3.8, 4) is 0 Å². The number of nitrogens with one attached hydrogen (secondary N) is 2. The van der Waals surface area contributed by atoms with Gasteiger partial charge in [0.1, 0.15) is 0 Å². The van der Waals surface area contributed by atoms with Gasteiger partial charge in [-0.15, -0.1) is 0 Å². The number of carbonyl (C=O) groups excluding carboxylic acids is 2. The average Bonchev–Trinajstić information content (AvgIpc) is 2.56. The number of amides is 2. The lowest BCUT2D eigenvalue weighted by Crippen LogP contribution is -2.26. The van der Waals surface area contributed by atoms with Gasteiger partial charge in [-0.3, -0.25) is 9.59 Å². The van der Waals surface area contributed by atoms with Crippen LogP contribution in [0.2, 0.25) is 0 Å². The summed E-state index contributed by atoms with van der Waals surface area (Å²) >= 11 is 0. The Balaban J connectivity index is 2.06. The first kappa shape index (κ1) is 17.5. The zero-order valence-electron chi connectivity index (χ0n) is 14.5. The Bertz CT molecular complexity index is 734. The minimum atomic E-state index is -0.153. The molecule has 5 heteroatoms. The molecule has 0 aliphatic carbocycles. The molecule has 0 radical (unpaired) electrons. The molecule has 0 spiro atoms. The van der Waals surface area contributed by atoms with E-state index >= 15 is 0 Å². The highest BCUT2D eigenvalue weighted by atomic mass is 16.2. The summed E-state index contributed by atoms with van der Waals surface area (Å²) in [6, 6.07) is 13.1. The lowest BCUT2D eigenvalue weighted by Gasteiger charge is -2.16. The van der Waals surface area contributed by atoms with Gasteiger partial charge in [0.25, 0.3) is 5.91 Å². The van der Waals surface area contributed by atoms with Crippen LogP contribution in [0.5, 0.6) is 0 Å². The van der Waals surface area contributed by atoms with Gasteiger partial charge in [0, 0.05) is 25.5 Å². The molecule has 2 rings (SSSR count). The van der Waals surface area contributed by atoms with Crippen LogP contribution in [0.1, 0.15) is 21.5 Å². The molecule has 2 amide bonds. The summed E-state index contributed by atoms with van der Waals surface area (Å²) in [5, 5.41) is 5.97. The molecule has 0 saturated heterocycles. The van der Waals surface area contributed by atoms with Crippen LogP contribution in [0, 0.1) is 13.8 Å². The highest BCUT2D eigenvalue weighted by molar-refractivity contribution is 6.00. The lowest BCUT2D eigenvalue weighted by atomic mass is 10.1. The number of aryl methyl sites for hydroxylation is 2. The Morgan fingerprint density at radius 1 is 0.958 bits per heavy atom. The van der Waals surface area contributed by atoms with Gasteiger partial charge in [0.2, 0.25) is 5.91 Å². The van der Waals surface area contributed by atoms with E-state index in [2.05, 4.69) is 10.6 Å². The molecule has 5 nitrogen and oxygen atoms in total. The van der Waals surface area contributed by atoms with Crippen molar-refractivity contribution in [2.45, 2.75) is 13.8 Å². The van der Waals surface area contributed by atoms with Crippen molar-refractivity contribution < 1.29 is 9.59 Å². The first-order valence-electron chi connectivity index (χ1n) is 7.80. The van der Waals surface area contributed by atoms with Crippen LogP contribution in [0.3, 0.4) is 0 Å². The highest BCUT2D eigenvalue weighted by Gasteiger charge is 2.13. The predicted molar refractivity (Wildman–Crippen MR) is 97.5 cm³/mol. The fourth-order valence-electron chi connectivity index (χ4n) is 2.44. The van der Waals surface area contributed by atoms with E-state index in [1.165, 1.54) is 4.90 Å². The maximum Gasteiger partial charge on any atom is 0.255 e. The third kappa shape index (κ3) is 4.13. The van der Waals surface area contributed by atoms with Crippen molar-refractivity contribution in [1.82, 2.24) is 4.90 Å². The SMILES string of the molecule is Cc1cccc(C)c1NC(=O)CNc1ccccc1C(=O)N(C)C. The molecule has 0 aliphatic heterocycles. The number of nitrogens with zero attached hydrogens (tertiary/aromatic N) is 1. The Hall–Kier alpha value is -2.82. The molecule has 0 aromatic heterocycles. The molecule has 2 N–H and O–H groups in total. The van der Waals surface area contributed by atoms with Crippen LogP contribution in [-0.4, -0.2) is 37.4 Å². The Morgan fingerprint density at radius 2 is 1.58 bits per heavy atom. The molecule has 0 saturated carbocycles. The van der Waals surface area contributed by atoms with Crippen molar-refractivity contribution in [2.24, 2.45) is 0 Å². The van der Waals surface area contributed by atoms with Gasteiger partial charge in [-0.1, -0.05) is 30.3 Å². The summed E-state index contributed by atoms with van der Waals surface area (Å²) in [6.45, 7) is 4.01. The smallest absolute Gasteiger partial charge is 0.255 e. The number of hydrogen-bond donors (Lipinski definition) is 2. The quantitative estimate of drug-likeness (QED) is 0.888. The molecule has 0 heterocycles. The van der Waals surface area contributed by atoms with E-state index in [1.54, 1.807) is 32.3 Å². The second-order valence-corrected chi connectivity index (χ2v) is 5.91. The van der Waals surface area contributed by atoms with Gasteiger partial charge >= 0.3 is 0 Å². The summed E-state index contributed by atoms with van der Waals surface area (Å²) in [7, 11) is 3.40. The normalized spacial score (nSPS) is 10.2. The number of para-hydroxylation sites is 2. The Labute approximate surface area is 142 Å². The van der Waals surface area contributed by atoms with Crippen LogP contribution in [0.4, 0.5) is 11.4 Å². The molecule has 0 atom stereocenters. The molecule has 0 fully saturated rings. The topological polar surface area (TPSA) is 61.4 Å². The maximum atomic E-state index is 12.2. The van der Waals surface area contributed by atoms with E-state index in [9.17, 15) is 9.59 Å². The van der Waals surface area contributed by atoms with E-state index in [-0.39, 0.29) is 18.4 Å². The van der Waals surface area contributed by atoms with Crippen LogP contribution in [-0.2, 0) is 4.79 Å². The Kier molecular flexibility index (Phi) is 5.58. The lowest BCUT2D eigenvalue weighted by molar-refractivity contribution is -0.114. The summed E-state index contributed by atoms with van der Waals surface area (Å²) in [5.41, 5.74) is 4.07. The highest BCUT2D eigenvalue weighted by Crippen LogP contribution is 2.20. The summed E-state index contributed by atoms with van der Waals surface area (Å²) < 4.78 is 0. The van der Waals surface area contributed by atoms with Gasteiger partial charge in [-0.05, 0) is 37.1 Å². The average molecular weight is 325 g/mol. The van der Waals surface area contributed by atoms with E-state index < -0.39 is 0 Å². The number of rotatable bonds is 5. The second-order valence-electron chi connectivity index (χ2n) is 5.91. The van der Waals surface area contributed by atoms with Crippen molar-refractivity contribution in [3.63, 3.8) is 0 Å². The molecular weight excluding hydrogens is 302 g/mol. The van der Waals surface area contributed by atoms with Crippen LogP contribution >= 0.6 is 0 Å². The van der Waals surface area contributed by atoms with Crippen LogP contribution in [0.25, 0.3) is 0 Å². The molecule has 0 unspecified atom stereocenters. The standard InChI is InChI=1S/C19H23N3O2/c1-13-8-7-9-14(2)18(13)21-17(23)12-20-16-11-6-5-10-15(16)19(24)22(3)4/h5-11,20H,12H2,1-4H3,(H,21,23). The second kappa shape index (κ2) is 7.64. The van der Waals surface area contributed by atoms with Gasteiger partial charge in [-0.25, -0.2) is 0 Å². The molecular formula is C19H23N3O2. The van der Waals surface area contributed by atoms with Crippen molar-refractivity contribution in [2.75, 3.05) is 31.3 Å². The number of carbonyl (C=O) groups is 2. The first-order valence-corrected chi connectivity index (χ1v) is 7.80. The van der Waals surface area contributed by atoms with E-state index in [1.807, 2.05) is 38.1 Å². The molecule has 126 valence electrons. The molecule has 2 aromatic carbocycles. The van der Waals surface area contributed by atoms with E-state index in [4.69, 9.17) is 0 Å². The van der Waals surface area contributed by atoms with Gasteiger partial charge in [0.15, 0.2) is 0 Å². The Morgan fingerprint density at radius 3 is 2.21 bits per heavy atom. The summed E-state index contributed by atoms with van der Waals surface area (Å²) in [4.78, 5) is 25.9. The molecule has 0 aliphatic rings. The van der Waals surface area contributed by atoms with Crippen molar-refractivity contribution in [3.05, 3.63) is 59.2 Å². The van der Waals surface area contributed by atoms with Crippen LogP contribution < -0.4 is 10.6 Å². The van der Waals surface area contributed by atoms with Gasteiger partial charge in [0.05, 0.1) is 12.1 Å². The zero-order valence-corrected chi connectivity index (χ0v) is 14.5. The minimum Gasteiger partial charge on any atom is -0.376 e. The number of anilines is 2. The zero-order chi connectivity index (χ0) is 17.7.